The summed E-state index contributed by atoms with van der Waals surface area (Å²) in [5.41, 5.74) is 3.79. The second kappa shape index (κ2) is 9.54. The number of carbonyl (C=O) groups is 2. The molecule has 2 amide bonds. The fourth-order valence-electron chi connectivity index (χ4n) is 3.93. The molecule has 0 bridgehead atoms. The number of ether oxygens (including phenoxy) is 1. The Kier molecular flexibility index (Phi) is 6.55. The van der Waals surface area contributed by atoms with E-state index in [1.807, 2.05) is 23.1 Å². The summed E-state index contributed by atoms with van der Waals surface area (Å²) in [5, 5.41) is 7.61. The second-order valence-corrected chi connectivity index (χ2v) is 8.40. The molecule has 1 aromatic heterocycles. The van der Waals surface area contributed by atoms with Crippen LogP contribution < -0.4 is 15.0 Å². The number of carbonyl (C=O) groups excluding carboxylic acids is 2. The second-order valence-electron chi connectivity index (χ2n) is 7.97. The summed E-state index contributed by atoms with van der Waals surface area (Å²) in [5.74, 6) is -0.0929. The van der Waals surface area contributed by atoms with E-state index in [-0.39, 0.29) is 17.7 Å². The zero-order valence-electron chi connectivity index (χ0n) is 18.8. The van der Waals surface area contributed by atoms with Gasteiger partial charge in [0.25, 0.3) is 11.8 Å². The minimum absolute atomic E-state index is 0.0238. The topological polar surface area (TPSA) is 79.7 Å². The molecule has 1 saturated heterocycles. The summed E-state index contributed by atoms with van der Waals surface area (Å²) in [7, 11) is 3.19. The van der Waals surface area contributed by atoms with Crippen molar-refractivity contribution in [3.05, 3.63) is 70.4 Å². The molecule has 1 fully saturated rings. The molecule has 0 saturated carbocycles. The lowest BCUT2D eigenvalue weighted by Gasteiger charge is -2.37. The van der Waals surface area contributed by atoms with Crippen molar-refractivity contribution >= 4 is 34.8 Å². The molecule has 2 heterocycles. The molecule has 9 heteroatoms. The van der Waals surface area contributed by atoms with Gasteiger partial charge in [0.05, 0.1) is 7.11 Å². The number of halogens is 1. The molecular formula is C24H26ClN5O3. The number of anilines is 2. The van der Waals surface area contributed by atoms with Crippen LogP contribution in [0.2, 0.25) is 5.02 Å². The van der Waals surface area contributed by atoms with E-state index in [0.717, 1.165) is 18.8 Å². The SMILES string of the molecule is COc1nn(C)cc1C(=O)Nc1ccc(C(=O)N2CCN(c3cc(Cl)ccc3C)CC2)cc1. The van der Waals surface area contributed by atoms with Crippen LogP contribution in [0.3, 0.4) is 0 Å². The summed E-state index contributed by atoms with van der Waals surface area (Å²) >= 11 is 6.16. The van der Waals surface area contributed by atoms with Gasteiger partial charge in [-0.2, -0.15) is 0 Å². The standard InChI is InChI=1S/C24H26ClN5O3/c1-16-4-7-18(25)14-21(16)29-10-12-30(13-11-29)24(32)17-5-8-19(9-6-17)26-22(31)20-15-28(2)27-23(20)33-3/h4-9,14-15H,10-13H2,1-3H3,(H,26,31). The summed E-state index contributed by atoms with van der Waals surface area (Å²) in [6.07, 6.45) is 1.59. The van der Waals surface area contributed by atoms with Gasteiger partial charge >= 0.3 is 0 Å². The van der Waals surface area contributed by atoms with E-state index in [1.165, 1.54) is 17.4 Å². The van der Waals surface area contributed by atoms with E-state index in [2.05, 4.69) is 22.2 Å². The Morgan fingerprint density at radius 2 is 1.76 bits per heavy atom. The van der Waals surface area contributed by atoms with Crippen molar-refractivity contribution in [2.24, 2.45) is 7.05 Å². The van der Waals surface area contributed by atoms with Crippen molar-refractivity contribution < 1.29 is 14.3 Å². The Balaban J connectivity index is 1.37. The van der Waals surface area contributed by atoms with E-state index < -0.39 is 0 Å². The van der Waals surface area contributed by atoms with Gasteiger partial charge in [-0.1, -0.05) is 17.7 Å². The van der Waals surface area contributed by atoms with Crippen LogP contribution in [-0.2, 0) is 7.05 Å². The Hall–Kier alpha value is -3.52. The maximum atomic E-state index is 13.0. The number of piperazine rings is 1. The minimum atomic E-state index is -0.327. The maximum absolute atomic E-state index is 13.0. The van der Waals surface area contributed by atoms with Gasteiger partial charge in [0.15, 0.2) is 0 Å². The van der Waals surface area contributed by atoms with Crippen LogP contribution in [-0.4, -0.2) is 59.8 Å². The first kappa shape index (κ1) is 22.7. The molecule has 0 spiro atoms. The summed E-state index contributed by atoms with van der Waals surface area (Å²) in [4.78, 5) is 29.6. The fourth-order valence-corrected chi connectivity index (χ4v) is 4.09. The van der Waals surface area contributed by atoms with Crippen LogP contribution in [0.5, 0.6) is 5.88 Å². The predicted octanol–water partition coefficient (Wildman–Crippen LogP) is 3.61. The Morgan fingerprint density at radius 1 is 1.06 bits per heavy atom. The minimum Gasteiger partial charge on any atom is -0.479 e. The van der Waals surface area contributed by atoms with Gasteiger partial charge in [-0.05, 0) is 48.9 Å². The number of rotatable bonds is 5. The van der Waals surface area contributed by atoms with Gasteiger partial charge in [0.1, 0.15) is 5.56 Å². The van der Waals surface area contributed by atoms with Gasteiger partial charge in [-0.3, -0.25) is 14.3 Å². The van der Waals surface area contributed by atoms with Crippen LogP contribution >= 0.6 is 11.6 Å². The molecule has 8 nitrogen and oxygen atoms in total. The van der Waals surface area contributed by atoms with Crippen LogP contribution in [0.4, 0.5) is 11.4 Å². The average Bonchev–Trinajstić information content (AvgIpc) is 3.22. The summed E-state index contributed by atoms with van der Waals surface area (Å²) in [6.45, 7) is 4.81. The van der Waals surface area contributed by atoms with Crippen molar-refractivity contribution in [1.82, 2.24) is 14.7 Å². The number of aromatic nitrogens is 2. The number of benzene rings is 2. The van der Waals surface area contributed by atoms with E-state index in [0.29, 0.717) is 34.9 Å². The Labute approximate surface area is 197 Å². The molecule has 33 heavy (non-hydrogen) atoms. The molecule has 4 rings (SSSR count). The van der Waals surface area contributed by atoms with Gasteiger partial charge in [-0.15, -0.1) is 5.10 Å². The van der Waals surface area contributed by atoms with Crippen molar-refractivity contribution in [2.75, 3.05) is 43.5 Å². The number of amides is 2. The third-order valence-electron chi connectivity index (χ3n) is 5.70. The van der Waals surface area contributed by atoms with Crippen molar-refractivity contribution in [3.8, 4) is 5.88 Å². The number of hydrogen-bond acceptors (Lipinski definition) is 5. The highest BCUT2D eigenvalue weighted by molar-refractivity contribution is 6.30. The normalized spacial score (nSPS) is 13.7. The smallest absolute Gasteiger partial charge is 0.262 e. The lowest BCUT2D eigenvalue weighted by atomic mass is 10.1. The molecule has 0 aliphatic carbocycles. The van der Waals surface area contributed by atoms with Gasteiger partial charge < -0.3 is 19.9 Å². The highest BCUT2D eigenvalue weighted by atomic mass is 35.5. The lowest BCUT2D eigenvalue weighted by Crippen LogP contribution is -2.49. The van der Waals surface area contributed by atoms with E-state index in [4.69, 9.17) is 16.3 Å². The molecule has 0 radical (unpaired) electrons. The van der Waals surface area contributed by atoms with Crippen molar-refractivity contribution in [3.63, 3.8) is 0 Å². The van der Waals surface area contributed by atoms with Gasteiger partial charge in [0.2, 0.25) is 5.88 Å². The molecule has 2 aromatic carbocycles. The maximum Gasteiger partial charge on any atom is 0.262 e. The zero-order valence-corrected chi connectivity index (χ0v) is 19.6. The number of hydrogen-bond donors (Lipinski definition) is 1. The predicted molar refractivity (Wildman–Crippen MR) is 128 cm³/mol. The highest BCUT2D eigenvalue weighted by Gasteiger charge is 2.23. The first-order valence-corrected chi connectivity index (χ1v) is 11.0. The van der Waals surface area contributed by atoms with Crippen LogP contribution in [0.15, 0.2) is 48.7 Å². The molecular weight excluding hydrogens is 442 g/mol. The third-order valence-corrected chi connectivity index (χ3v) is 5.94. The molecule has 1 aliphatic heterocycles. The monoisotopic (exact) mass is 467 g/mol. The molecule has 172 valence electrons. The average molecular weight is 468 g/mol. The summed E-state index contributed by atoms with van der Waals surface area (Å²) < 4.78 is 6.65. The fraction of sp³-hybridized carbons (Fsp3) is 0.292. The van der Waals surface area contributed by atoms with Crippen LogP contribution in [0, 0.1) is 6.92 Å². The third kappa shape index (κ3) is 4.96. The molecule has 1 N–H and O–H groups in total. The quantitative estimate of drug-likeness (QED) is 0.620. The Morgan fingerprint density at radius 3 is 2.42 bits per heavy atom. The largest absolute Gasteiger partial charge is 0.479 e. The van der Waals surface area contributed by atoms with Gasteiger partial charge in [0, 0.05) is 61.4 Å². The van der Waals surface area contributed by atoms with E-state index >= 15 is 0 Å². The van der Waals surface area contributed by atoms with Gasteiger partial charge in [-0.25, -0.2) is 0 Å². The van der Waals surface area contributed by atoms with Crippen LogP contribution in [0.25, 0.3) is 0 Å². The molecule has 1 aliphatic rings. The molecule has 0 unspecified atom stereocenters. The molecule has 0 atom stereocenters. The first-order chi connectivity index (χ1) is 15.9. The number of nitrogens with zero attached hydrogens (tertiary/aromatic N) is 4. The Bertz CT molecular complexity index is 1170. The summed E-state index contributed by atoms with van der Waals surface area (Å²) in [6, 6.07) is 12.8. The first-order valence-electron chi connectivity index (χ1n) is 10.6. The van der Waals surface area contributed by atoms with Crippen molar-refractivity contribution in [2.45, 2.75) is 6.92 Å². The zero-order chi connectivity index (χ0) is 23.5. The number of nitrogens with one attached hydrogen (secondary N) is 1. The number of aryl methyl sites for hydroxylation is 2. The lowest BCUT2D eigenvalue weighted by molar-refractivity contribution is 0.0746. The van der Waals surface area contributed by atoms with E-state index in [9.17, 15) is 9.59 Å². The molecule has 3 aromatic rings. The van der Waals surface area contributed by atoms with E-state index in [1.54, 1.807) is 37.5 Å². The van der Waals surface area contributed by atoms with Crippen LogP contribution in [0.1, 0.15) is 26.3 Å². The highest BCUT2D eigenvalue weighted by Crippen LogP contribution is 2.26. The number of methoxy groups -OCH3 is 1. The van der Waals surface area contributed by atoms with Crippen molar-refractivity contribution in [1.29, 1.82) is 0 Å².